The van der Waals surface area contributed by atoms with E-state index in [1.807, 2.05) is 38.1 Å². The van der Waals surface area contributed by atoms with E-state index < -0.39 is 0 Å². The van der Waals surface area contributed by atoms with E-state index in [-0.39, 0.29) is 24.0 Å². The third-order valence-electron chi connectivity index (χ3n) is 3.67. The van der Waals surface area contributed by atoms with Crippen LogP contribution in [0, 0.1) is 19.7 Å². The molecule has 0 bridgehead atoms. The zero-order valence-electron chi connectivity index (χ0n) is 12.3. The molecule has 2 aromatic carbocycles. The van der Waals surface area contributed by atoms with Gasteiger partial charge in [0.2, 0.25) is 0 Å². The monoisotopic (exact) mass is 315 g/mol. The van der Waals surface area contributed by atoms with E-state index in [1.165, 1.54) is 24.3 Å². The number of aromatic nitrogens is 1. The normalized spacial score (nSPS) is 10.3. The third kappa shape index (κ3) is 2.72. The molecule has 0 radical (unpaired) electrons. The number of ketones is 1. The molecule has 0 atom stereocenters. The summed E-state index contributed by atoms with van der Waals surface area (Å²) in [4.78, 5) is 17.2. The number of pyridine rings is 1. The fraction of sp³-hybridized carbons (Fsp3) is 0.111. The van der Waals surface area contributed by atoms with Crippen LogP contribution in [0.5, 0.6) is 0 Å². The predicted octanol–water partition coefficient (Wildman–Crippen LogP) is 4.64. The minimum absolute atomic E-state index is 0. The summed E-state index contributed by atoms with van der Waals surface area (Å²) >= 11 is 0. The molecule has 3 aromatic rings. The molecule has 0 aliphatic rings. The number of halogens is 2. The summed E-state index contributed by atoms with van der Waals surface area (Å²) < 4.78 is 13.0. The van der Waals surface area contributed by atoms with Gasteiger partial charge in [-0.05, 0) is 49.7 Å². The van der Waals surface area contributed by atoms with E-state index in [2.05, 4.69) is 4.98 Å². The third-order valence-corrected chi connectivity index (χ3v) is 3.67. The van der Waals surface area contributed by atoms with Crippen molar-refractivity contribution in [2.75, 3.05) is 0 Å². The van der Waals surface area contributed by atoms with Gasteiger partial charge in [-0.3, -0.25) is 9.78 Å². The predicted molar refractivity (Wildman–Crippen MR) is 88.3 cm³/mol. The molecule has 2 nitrogen and oxygen atoms in total. The Kier molecular flexibility index (Phi) is 4.57. The van der Waals surface area contributed by atoms with Crippen LogP contribution in [0.3, 0.4) is 0 Å². The van der Waals surface area contributed by atoms with E-state index in [0.717, 1.165) is 16.5 Å². The standard InChI is InChI=1S/C18H14FNO.ClH/c1-11-15-5-3-4-6-16(15)20-12(2)17(11)18(21)13-7-9-14(19)10-8-13;/h3-10H,1-2H3;1H. The molecule has 0 aliphatic carbocycles. The van der Waals surface area contributed by atoms with Crippen LogP contribution < -0.4 is 0 Å². The van der Waals surface area contributed by atoms with Crippen molar-refractivity contribution < 1.29 is 9.18 Å². The molecule has 0 unspecified atom stereocenters. The Morgan fingerprint density at radius 1 is 1.00 bits per heavy atom. The van der Waals surface area contributed by atoms with Gasteiger partial charge in [0.1, 0.15) is 5.82 Å². The smallest absolute Gasteiger partial charge is 0.195 e. The van der Waals surface area contributed by atoms with Crippen molar-refractivity contribution in [3.05, 3.63) is 76.7 Å². The molecule has 0 saturated heterocycles. The minimum atomic E-state index is -0.350. The Bertz CT molecular complexity index is 844. The van der Waals surface area contributed by atoms with Gasteiger partial charge in [-0.1, -0.05) is 18.2 Å². The number of carbonyl (C=O) groups excluding carboxylic acids is 1. The lowest BCUT2D eigenvalue weighted by Gasteiger charge is -2.11. The van der Waals surface area contributed by atoms with Gasteiger partial charge >= 0.3 is 0 Å². The number of para-hydroxylation sites is 1. The summed E-state index contributed by atoms with van der Waals surface area (Å²) in [5.74, 6) is -0.472. The van der Waals surface area contributed by atoms with Crippen molar-refractivity contribution in [2.24, 2.45) is 0 Å². The molecule has 1 aromatic heterocycles. The lowest BCUT2D eigenvalue weighted by molar-refractivity contribution is 0.103. The van der Waals surface area contributed by atoms with Gasteiger partial charge in [0.25, 0.3) is 0 Å². The lowest BCUT2D eigenvalue weighted by atomic mass is 9.95. The first-order chi connectivity index (χ1) is 10.1. The van der Waals surface area contributed by atoms with Crippen LogP contribution in [0.4, 0.5) is 4.39 Å². The molecule has 0 spiro atoms. The maximum atomic E-state index is 13.0. The molecule has 0 N–H and O–H groups in total. The number of rotatable bonds is 2. The zero-order valence-corrected chi connectivity index (χ0v) is 13.1. The Morgan fingerprint density at radius 3 is 2.32 bits per heavy atom. The SMILES string of the molecule is Cc1nc2ccccc2c(C)c1C(=O)c1ccc(F)cc1.Cl. The number of aryl methyl sites for hydroxylation is 2. The number of hydrogen-bond acceptors (Lipinski definition) is 2. The van der Waals surface area contributed by atoms with Gasteiger partial charge < -0.3 is 0 Å². The molecule has 1 heterocycles. The lowest BCUT2D eigenvalue weighted by Crippen LogP contribution is -2.08. The van der Waals surface area contributed by atoms with E-state index in [9.17, 15) is 9.18 Å². The fourth-order valence-corrected chi connectivity index (χ4v) is 2.61. The van der Waals surface area contributed by atoms with Gasteiger partial charge in [-0.15, -0.1) is 12.4 Å². The molecular weight excluding hydrogens is 301 g/mol. The summed E-state index contributed by atoms with van der Waals surface area (Å²) in [6, 6.07) is 13.4. The molecule has 0 fully saturated rings. The van der Waals surface area contributed by atoms with E-state index in [1.54, 1.807) is 0 Å². The molecule has 22 heavy (non-hydrogen) atoms. The maximum absolute atomic E-state index is 13.0. The highest BCUT2D eigenvalue weighted by molar-refractivity contribution is 6.12. The van der Waals surface area contributed by atoms with Crippen molar-refractivity contribution in [1.82, 2.24) is 4.98 Å². The molecule has 3 rings (SSSR count). The van der Waals surface area contributed by atoms with Crippen LogP contribution in [0.1, 0.15) is 27.2 Å². The molecule has 4 heteroatoms. The van der Waals surface area contributed by atoms with Crippen LogP contribution in [0.25, 0.3) is 10.9 Å². The Labute approximate surface area is 134 Å². The molecule has 112 valence electrons. The zero-order chi connectivity index (χ0) is 15.0. The summed E-state index contributed by atoms with van der Waals surface area (Å²) in [6.45, 7) is 3.75. The van der Waals surface area contributed by atoms with Crippen molar-refractivity contribution in [2.45, 2.75) is 13.8 Å². The first-order valence-corrected chi connectivity index (χ1v) is 6.74. The van der Waals surface area contributed by atoms with Crippen LogP contribution >= 0.6 is 12.4 Å². The van der Waals surface area contributed by atoms with E-state index >= 15 is 0 Å². The van der Waals surface area contributed by atoms with E-state index in [0.29, 0.717) is 16.8 Å². The topological polar surface area (TPSA) is 30.0 Å². The Hall–Kier alpha value is -2.26. The average molecular weight is 316 g/mol. The summed E-state index contributed by atoms with van der Waals surface area (Å²) in [5.41, 5.74) is 3.55. The summed E-state index contributed by atoms with van der Waals surface area (Å²) in [7, 11) is 0. The summed E-state index contributed by atoms with van der Waals surface area (Å²) in [6.07, 6.45) is 0. The van der Waals surface area contributed by atoms with Crippen molar-refractivity contribution in [3.8, 4) is 0 Å². The van der Waals surface area contributed by atoms with Crippen molar-refractivity contribution in [1.29, 1.82) is 0 Å². The average Bonchev–Trinajstić information content (AvgIpc) is 2.48. The second-order valence-corrected chi connectivity index (χ2v) is 5.05. The highest BCUT2D eigenvalue weighted by atomic mass is 35.5. The second kappa shape index (κ2) is 6.24. The first kappa shape index (κ1) is 16.1. The van der Waals surface area contributed by atoms with Crippen LogP contribution in [-0.2, 0) is 0 Å². The van der Waals surface area contributed by atoms with Gasteiger partial charge in [-0.25, -0.2) is 4.39 Å². The van der Waals surface area contributed by atoms with E-state index in [4.69, 9.17) is 0 Å². The number of hydrogen-bond donors (Lipinski definition) is 0. The minimum Gasteiger partial charge on any atom is -0.289 e. The van der Waals surface area contributed by atoms with Crippen molar-refractivity contribution in [3.63, 3.8) is 0 Å². The molecule has 0 saturated carbocycles. The van der Waals surface area contributed by atoms with Gasteiger partial charge in [0.05, 0.1) is 5.52 Å². The number of fused-ring (bicyclic) bond motifs is 1. The summed E-state index contributed by atoms with van der Waals surface area (Å²) in [5, 5.41) is 0.966. The van der Waals surface area contributed by atoms with Gasteiger partial charge in [0, 0.05) is 22.2 Å². The Morgan fingerprint density at radius 2 is 1.64 bits per heavy atom. The van der Waals surface area contributed by atoms with Gasteiger partial charge in [0.15, 0.2) is 5.78 Å². The molecule has 0 amide bonds. The van der Waals surface area contributed by atoms with Crippen LogP contribution in [-0.4, -0.2) is 10.8 Å². The number of benzene rings is 2. The number of nitrogens with zero attached hydrogens (tertiary/aromatic N) is 1. The highest BCUT2D eigenvalue weighted by Gasteiger charge is 2.17. The largest absolute Gasteiger partial charge is 0.289 e. The van der Waals surface area contributed by atoms with Crippen LogP contribution in [0.15, 0.2) is 48.5 Å². The second-order valence-electron chi connectivity index (χ2n) is 5.05. The first-order valence-electron chi connectivity index (χ1n) is 6.74. The quantitative estimate of drug-likeness (QED) is 0.645. The van der Waals surface area contributed by atoms with Gasteiger partial charge in [-0.2, -0.15) is 0 Å². The molecular formula is C18H15ClFNO. The number of carbonyl (C=O) groups is 1. The Balaban J connectivity index is 0.00000176. The molecule has 0 aliphatic heterocycles. The fourth-order valence-electron chi connectivity index (χ4n) is 2.61. The maximum Gasteiger partial charge on any atom is 0.195 e. The van der Waals surface area contributed by atoms with Crippen molar-refractivity contribution >= 4 is 29.1 Å². The highest BCUT2D eigenvalue weighted by Crippen LogP contribution is 2.24. The van der Waals surface area contributed by atoms with Crippen LogP contribution in [0.2, 0.25) is 0 Å².